The third kappa shape index (κ3) is 3.40. The van der Waals surface area contributed by atoms with Crippen LogP contribution in [0.5, 0.6) is 0 Å². The van der Waals surface area contributed by atoms with Crippen LogP contribution in [0.2, 0.25) is 0 Å². The minimum Gasteiger partial charge on any atom is -0.462 e. The number of nitrogens with two attached hydrogens (primary N) is 2. The van der Waals surface area contributed by atoms with Crippen molar-refractivity contribution in [2.75, 3.05) is 12.3 Å². The Balaban J connectivity index is 1.86. The molecular weight excluding hydrogens is 380 g/mol. The Kier molecular flexibility index (Phi) is 5.22. The summed E-state index contributed by atoms with van der Waals surface area (Å²) in [6.07, 6.45) is -3.06. The first-order chi connectivity index (χ1) is 13.5. The third-order valence-electron chi connectivity index (χ3n) is 5.06. The van der Waals surface area contributed by atoms with E-state index in [9.17, 15) is 20.3 Å². The number of hydrogen-bond acceptors (Lipinski definition) is 10. The fraction of sp³-hybridized carbons (Fsp3) is 0.556. The van der Waals surface area contributed by atoms with Crippen molar-refractivity contribution in [1.29, 1.82) is 5.26 Å². The van der Waals surface area contributed by atoms with Gasteiger partial charge >= 0.3 is 5.97 Å². The van der Waals surface area contributed by atoms with Crippen LogP contribution in [0.4, 0.5) is 5.82 Å². The molecule has 29 heavy (non-hydrogen) atoms. The van der Waals surface area contributed by atoms with Gasteiger partial charge < -0.3 is 31.2 Å². The predicted octanol–water partition coefficient (Wildman–Crippen LogP) is -0.932. The minimum absolute atomic E-state index is 0.163. The van der Waals surface area contributed by atoms with Crippen LogP contribution in [0.1, 0.15) is 26.5 Å². The molecular formula is C18H24N6O5. The van der Waals surface area contributed by atoms with E-state index in [4.69, 9.17) is 20.9 Å². The zero-order valence-electron chi connectivity index (χ0n) is 16.3. The van der Waals surface area contributed by atoms with Gasteiger partial charge in [0.25, 0.3) is 0 Å². The van der Waals surface area contributed by atoms with Gasteiger partial charge in [0.15, 0.2) is 5.82 Å². The van der Waals surface area contributed by atoms with E-state index in [-0.39, 0.29) is 18.1 Å². The summed E-state index contributed by atoms with van der Waals surface area (Å²) in [4.78, 5) is 16.0. The van der Waals surface area contributed by atoms with Crippen molar-refractivity contribution >= 4 is 17.3 Å². The molecule has 11 heteroatoms. The standard InChI is InChI=1S/C18H24N6O5/c1-17(2,3)13(20)16(27)28-6-10-12(25)14(26)18(7-19,29-10)11-5-4-9-15(21)22-8-23-24(9)11/h4-5,8,10,12-14,25-26H,6,20H2,1-3H3,(H2,21,22,23)/t10-,12-,13?,14-,18+/m1/s1. The Bertz CT molecular complexity index is 964. The van der Waals surface area contributed by atoms with Crippen LogP contribution in [-0.4, -0.2) is 61.7 Å². The molecule has 1 saturated heterocycles. The molecule has 0 amide bonds. The predicted molar refractivity (Wildman–Crippen MR) is 100.0 cm³/mol. The molecule has 0 bridgehead atoms. The molecule has 0 radical (unpaired) electrons. The van der Waals surface area contributed by atoms with E-state index in [0.29, 0.717) is 5.52 Å². The lowest BCUT2D eigenvalue weighted by Gasteiger charge is -2.26. The van der Waals surface area contributed by atoms with E-state index in [1.165, 1.54) is 16.9 Å². The number of nitriles is 1. The number of nitrogen functional groups attached to an aromatic ring is 1. The van der Waals surface area contributed by atoms with Gasteiger partial charge in [-0.1, -0.05) is 20.8 Å². The summed E-state index contributed by atoms with van der Waals surface area (Å²) in [5.74, 6) is -0.500. The number of aliphatic hydroxyl groups excluding tert-OH is 2. The maximum Gasteiger partial charge on any atom is 0.323 e. The number of hydrogen-bond donors (Lipinski definition) is 4. The summed E-state index contributed by atoms with van der Waals surface area (Å²) in [6, 6.07) is 4.10. The van der Waals surface area contributed by atoms with Crippen molar-refractivity contribution in [3.63, 3.8) is 0 Å². The lowest BCUT2D eigenvalue weighted by molar-refractivity contribution is -0.154. The first-order valence-electron chi connectivity index (χ1n) is 8.99. The quantitative estimate of drug-likeness (QED) is 0.464. The summed E-state index contributed by atoms with van der Waals surface area (Å²) >= 11 is 0. The first kappa shape index (κ1) is 20.9. The SMILES string of the molecule is CC(C)(C)C(N)C(=O)OC[C@H]1O[C@@](C#N)(c2ccc3c(N)ncnn23)[C@H](O)[C@@H]1O. The summed E-state index contributed by atoms with van der Waals surface area (Å²) in [5, 5.41) is 35.0. The molecule has 2 aromatic heterocycles. The normalized spacial score (nSPS) is 28.2. The van der Waals surface area contributed by atoms with E-state index >= 15 is 0 Å². The Hall–Kier alpha value is -2.78. The molecule has 1 aliphatic heterocycles. The zero-order valence-corrected chi connectivity index (χ0v) is 16.3. The van der Waals surface area contributed by atoms with Crippen molar-refractivity contribution in [2.24, 2.45) is 11.1 Å². The molecule has 1 unspecified atom stereocenters. The maximum atomic E-state index is 12.2. The van der Waals surface area contributed by atoms with E-state index < -0.39 is 41.3 Å². The Morgan fingerprint density at radius 2 is 2.17 bits per heavy atom. The molecule has 2 aromatic rings. The summed E-state index contributed by atoms with van der Waals surface area (Å²) in [7, 11) is 0. The number of fused-ring (bicyclic) bond motifs is 1. The summed E-state index contributed by atoms with van der Waals surface area (Å²) in [6.45, 7) is 4.98. The van der Waals surface area contributed by atoms with E-state index in [1.807, 2.05) is 6.07 Å². The Morgan fingerprint density at radius 3 is 2.79 bits per heavy atom. The molecule has 156 valence electrons. The van der Waals surface area contributed by atoms with E-state index in [0.717, 1.165) is 0 Å². The molecule has 1 aliphatic rings. The van der Waals surface area contributed by atoms with Crippen LogP contribution in [0.3, 0.4) is 0 Å². The van der Waals surface area contributed by atoms with Crippen LogP contribution in [0.25, 0.3) is 5.52 Å². The van der Waals surface area contributed by atoms with Gasteiger partial charge in [-0.3, -0.25) is 4.79 Å². The molecule has 11 nitrogen and oxygen atoms in total. The highest BCUT2D eigenvalue weighted by atomic mass is 16.6. The van der Waals surface area contributed by atoms with Crippen LogP contribution in [0.15, 0.2) is 18.5 Å². The fourth-order valence-electron chi connectivity index (χ4n) is 3.16. The van der Waals surface area contributed by atoms with Crippen LogP contribution >= 0.6 is 0 Å². The van der Waals surface area contributed by atoms with Gasteiger partial charge in [-0.15, -0.1) is 0 Å². The molecule has 0 aromatic carbocycles. The van der Waals surface area contributed by atoms with Crippen LogP contribution < -0.4 is 11.5 Å². The van der Waals surface area contributed by atoms with Crippen molar-refractivity contribution in [1.82, 2.24) is 14.6 Å². The number of esters is 1. The molecule has 6 N–H and O–H groups in total. The van der Waals surface area contributed by atoms with Gasteiger partial charge in [-0.25, -0.2) is 9.50 Å². The number of ether oxygens (including phenoxy) is 2. The summed E-state index contributed by atoms with van der Waals surface area (Å²) in [5.41, 5.74) is 9.78. The second-order valence-electron chi connectivity index (χ2n) is 8.07. The van der Waals surface area contributed by atoms with Crippen LogP contribution in [0, 0.1) is 16.7 Å². The van der Waals surface area contributed by atoms with Crippen LogP contribution in [-0.2, 0) is 19.9 Å². The van der Waals surface area contributed by atoms with Gasteiger partial charge in [-0.05, 0) is 17.5 Å². The average molecular weight is 404 g/mol. The molecule has 0 saturated carbocycles. The van der Waals surface area contributed by atoms with Crippen molar-refractivity contribution in [3.8, 4) is 6.07 Å². The molecule has 3 rings (SSSR count). The lowest BCUT2D eigenvalue weighted by atomic mass is 9.87. The Labute approximate surface area is 166 Å². The first-order valence-corrected chi connectivity index (χ1v) is 8.99. The molecule has 5 atom stereocenters. The second-order valence-corrected chi connectivity index (χ2v) is 8.07. The number of aromatic nitrogens is 3. The molecule has 3 heterocycles. The molecule has 1 fully saturated rings. The van der Waals surface area contributed by atoms with Gasteiger partial charge in [0.1, 0.15) is 48.9 Å². The number of carbonyl (C=O) groups excluding carboxylic acids is 1. The van der Waals surface area contributed by atoms with Crippen molar-refractivity contribution in [2.45, 2.75) is 50.7 Å². The third-order valence-corrected chi connectivity index (χ3v) is 5.06. The second kappa shape index (κ2) is 7.23. The van der Waals surface area contributed by atoms with Gasteiger partial charge in [0.2, 0.25) is 5.60 Å². The number of aliphatic hydroxyl groups is 2. The topological polar surface area (TPSA) is 182 Å². The zero-order chi connectivity index (χ0) is 21.6. The Morgan fingerprint density at radius 1 is 1.48 bits per heavy atom. The van der Waals surface area contributed by atoms with Crippen molar-refractivity contribution < 1.29 is 24.5 Å². The highest BCUT2D eigenvalue weighted by Gasteiger charge is 2.58. The average Bonchev–Trinajstić information content (AvgIpc) is 3.21. The minimum atomic E-state index is -1.95. The van der Waals surface area contributed by atoms with Gasteiger partial charge in [-0.2, -0.15) is 10.4 Å². The highest BCUT2D eigenvalue weighted by Crippen LogP contribution is 2.40. The maximum absolute atomic E-state index is 12.2. The fourth-order valence-corrected chi connectivity index (χ4v) is 3.16. The monoisotopic (exact) mass is 404 g/mol. The number of nitrogens with zero attached hydrogens (tertiary/aromatic N) is 4. The number of rotatable bonds is 4. The largest absolute Gasteiger partial charge is 0.462 e. The van der Waals surface area contributed by atoms with Gasteiger partial charge in [0, 0.05) is 0 Å². The van der Waals surface area contributed by atoms with Gasteiger partial charge in [0.05, 0.1) is 5.69 Å². The molecule has 0 aliphatic carbocycles. The number of anilines is 1. The van der Waals surface area contributed by atoms with E-state index in [1.54, 1.807) is 26.8 Å². The lowest BCUT2D eigenvalue weighted by Crippen LogP contribution is -2.44. The van der Waals surface area contributed by atoms with Crippen molar-refractivity contribution in [3.05, 3.63) is 24.2 Å². The summed E-state index contributed by atoms with van der Waals surface area (Å²) < 4.78 is 12.2. The highest BCUT2D eigenvalue weighted by molar-refractivity contribution is 5.76. The van der Waals surface area contributed by atoms with E-state index in [2.05, 4.69) is 10.1 Å². The molecule has 0 spiro atoms. The number of carbonyl (C=O) groups is 1. The smallest absolute Gasteiger partial charge is 0.323 e.